The Labute approximate surface area is 239 Å². The van der Waals surface area contributed by atoms with Crippen LogP contribution in [0.15, 0.2) is 80.1 Å². The molecule has 0 saturated carbocycles. The van der Waals surface area contributed by atoms with Gasteiger partial charge < -0.3 is 19.0 Å². The maximum Gasteiger partial charge on any atom is 0.338 e. The van der Waals surface area contributed by atoms with E-state index in [1.165, 1.54) is 15.9 Å². The molecule has 0 unspecified atom stereocenters. The predicted octanol–water partition coefficient (Wildman–Crippen LogP) is 4.46. The number of fused-ring (bicyclic) bond motifs is 1. The van der Waals surface area contributed by atoms with Crippen molar-refractivity contribution in [2.45, 2.75) is 33.7 Å². The zero-order chi connectivity index (χ0) is 29.3. The molecule has 0 bridgehead atoms. The van der Waals surface area contributed by atoms with Crippen LogP contribution in [0.5, 0.6) is 5.75 Å². The number of carboxylic acids is 1. The molecule has 0 fully saturated rings. The van der Waals surface area contributed by atoms with Crippen molar-refractivity contribution in [1.82, 2.24) is 4.57 Å². The van der Waals surface area contributed by atoms with E-state index in [1.807, 2.05) is 19.1 Å². The fraction of sp³-hybridized carbons (Fsp3) is 0.226. The Morgan fingerprint density at radius 2 is 1.83 bits per heavy atom. The van der Waals surface area contributed by atoms with Crippen LogP contribution in [-0.2, 0) is 9.53 Å². The van der Waals surface area contributed by atoms with Gasteiger partial charge in [0.15, 0.2) is 4.80 Å². The summed E-state index contributed by atoms with van der Waals surface area (Å²) in [6, 6.07) is 15.0. The van der Waals surface area contributed by atoms with Gasteiger partial charge in [-0.05, 0) is 69.2 Å². The number of carbonyl (C=O) groups is 2. The second-order valence-electron chi connectivity index (χ2n) is 9.29. The van der Waals surface area contributed by atoms with Gasteiger partial charge in [0.2, 0.25) is 0 Å². The van der Waals surface area contributed by atoms with E-state index in [0.717, 1.165) is 0 Å². The molecule has 41 heavy (non-hydrogen) atoms. The second kappa shape index (κ2) is 11.4. The number of hydrogen-bond acceptors (Lipinski definition) is 8. The number of allylic oxidation sites excluding steroid dienone is 1. The molecule has 2 aromatic carbocycles. The minimum Gasteiger partial charge on any atom is -0.494 e. The number of esters is 1. The zero-order valence-electron chi connectivity index (χ0n) is 23.0. The minimum absolute atomic E-state index is 0.186. The van der Waals surface area contributed by atoms with Crippen molar-refractivity contribution < 1.29 is 28.6 Å². The van der Waals surface area contributed by atoms with Crippen LogP contribution in [0.3, 0.4) is 0 Å². The van der Waals surface area contributed by atoms with E-state index >= 15 is 0 Å². The number of thiazole rings is 1. The van der Waals surface area contributed by atoms with Crippen LogP contribution >= 0.6 is 11.3 Å². The van der Waals surface area contributed by atoms with E-state index in [0.29, 0.717) is 61.2 Å². The van der Waals surface area contributed by atoms with Gasteiger partial charge in [0.25, 0.3) is 5.56 Å². The fourth-order valence-corrected chi connectivity index (χ4v) is 5.89. The third-order valence-electron chi connectivity index (χ3n) is 6.75. The summed E-state index contributed by atoms with van der Waals surface area (Å²) >= 11 is 1.19. The topological polar surface area (TPSA) is 120 Å². The van der Waals surface area contributed by atoms with Crippen LogP contribution in [0.1, 0.15) is 54.1 Å². The number of furan rings is 1. The molecule has 1 N–H and O–H groups in total. The lowest BCUT2D eigenvalue weighted by molar-refractivity contribution is -0.139. The van der Waals surface area contributed by atoms with Gasteiger partial charge in [-0.25, -0.2) is 14.6 Å². The van der Waals surface area contributed by atoms with E-state index in [4.69, 9.17) is 13.9 Å². The third kappa shape index (κ3) is 5.26. The highest BCUT2D eigenvalue weighted by molar-refractivity contribution is 7.07. The quantitative estimate of drug-likeness (QED) is 0.310. The largest absolute Gasteiger partial charge is 0.494 e. The summed E-state index contributed by atoms with van der Waals surface area (Å²) < 4.78 is 18.8. The number of hydrogen-bond donors (Lipinski definition) is 1. The number of aromatic carboxylic acids is 1. The molecule has 1 aliphatic rings. The van der Waals surface area contributed by atoms with Crippen molar-refractivity contribution in [3.63, 3.8) is 0 Å². The summed E-state index contributed by atoms with van der Waals surface area (Å²) in [7, 11) is 0. The molecule has 3 heterocycles. The molecule has 1 atom stereocenters. The first-order valence-corrected chi connectivity index (χ1v) is 13.9. The number of rotatable bonds is 8. The van der Waals surface area contributed by atoms with Crippen molar-refractivity contribution in [2.75, 3.05) is 13.2 Å². The molecule has 0 amide bonds. The average molecular weight is 573 g/mol. The van der Waals surface area contributed by atoms with Crippen molar-refractivity contribution in [2.24, 2.45) is 4.99 Å². The minimum atomic E-state index is -1.02. The summed E-state index contributed by atoms with van der Waals surface area (Å²) in [5.74, 6) is 0.0369. The number of ether oxygens (including phenoxy) is 2. The van der Waals surface area contributed by atoms with Crippen molar-refractivity contribution in [1.29, 1.82) is 0 Å². The van der Waals surface area contributed by atoms with E-state index in [1.54, 1.807) is 69.3 Å². The van der Waals surface area contributed by atoms with Crippen LogP contribution in [0.4, 0.5) is 0 Å². The average Bonchev–Trinajstić information content (AvgIpc) is 3.52. The van der Waals surface area contributed by atoms with Gasteiger partial charge in [0.1, 0.15) is 17.3 Å². The summed E-state index contributed by atoms with van der Waals surface area (Å²) in [5.41, 5.74) is 2.58. The Hall–Kier alpha value is -4.70. The molecule has 2 aromatic heterocycles. The van der Waals surface area contributed by atoms with Crippen LogP contribution < -0.4 is 19.6 Å². The molecule has 210 valence electrons. The van der Waals surface area contributed by atoms with Crippen LogP contribution in [0.25, 0.3) is 17.4 Å². The second-order valence-corrected chi connectivity index (χ2v) is 10.3. The maximum atomic E-state index is 13.8. The van der Waals surface area contributed by atoms with E-state index < -0.39 is 18.0 Å². The van der Waals surface area contributed by atoms with E-state index in [-0.39, 0.29) is 17.7 Å². The summed E-state index contributed by atoms with van der Waals surface area (Å²) in [6.07, 6.45) is 1.63. The first-order chi connectivity index (χ1) is 19.7. The molecular formula is C31H28N2O7S. The van der Waals surface area contributed by atoms with Crippen molar-refractivity contribution in [3.05, 3.63) is 108 Å². The SMILES string of the molecule is CCOC(=O)C1=C(C)N=c2s/c(=C/c3ccc(-c4cccc(C(=O)O)c4C)o3)c(=O)n2[C@H]1c1ccc(OCC)cc1. The summed E-state index contributed by atoms with van der Waals surface area (Å²) in [6.45, 7) is 7.78. The maximum absolute atomic E-state index is 13.8. The lowest BCUT2D eigenvalue weighted by Gasteiger charge is -2.24. The Balaban J connectivity index is 1.61. The highest BCUT2D eigenvalue weighted by Gasteiger charge is 2.33. The normalized spacial score (nSPS) is 14.9. The van der Waals surface area contributed by atoms with Gasteiger partial charge in [0, 0.05) is 11.6 Å². The van der Waals surface area contributed by atoms with Crippen LogP contribution in [-0.4, -0.2) is 34.8 Å². The number of carbonyl (C=O) groups excluding carboxylic acids is 1. The molecule has 0 spiro atoms. The smallest absolute Gasteiger partial charge is 0.338 e. The Kier molecular flexibility index (Phi) is 7.76. The lowest BCUT2D eigenvalue weighted by Crippen LogP contribution is -2.39. The highest BCUT2D eigenvalue weighted by Crippen LogP contribution is 2.32. The Morgan fingerprint density at radius 1 is 1.07 bits per heavy atom. The summed E-state index contributed by atoms with van der Waals surface area (Å²) in [4.78, 5) is 43.5. The first-order valence-electron chi connectivity index (χ1n) is 13.1. The van der Waals surface area contributed by atoms with Gasteiger partial charge in [-0.1, -0.05) is 35.6 Å². The Bertz CT molecular complexity index is 1860. The molecule has 0 radical (unpaired) electrons. The molecule has 0 saturated heterocycles. The van der Waals surface area contributed by atoms with Crippen LogP contribution in [0, 0.1) is 6.92 Å². The van der Waals surface area contributed by atoms with E-state index in [2.05, 4.69) is 4.99 Å². The standard InChI is InChI=1S/C31H28N2O7S/c1-5-38-20-12-10-19(11-13-20)27-26(30(37)39-6-2)18(4)32-31-33(27)28(34)25(41-31)16-21-14-15-24(40-21)22-8-7-9-23(17(22)3)29(35)36/h7-16,27H,5-6H2,1-4H3,(H,35,36)/b25-16+/t27-/m0/s1. The lowest BCUT2D eigenvalue weighted by atomic mass is 9.96. The first kappa shape index (κ1) is 27.9. The van der Waals surface area contributed by atoms with Crippen molar-refractivity contribution in [3.8, 4) is 17.1 Å². The van der Waals surface area contributed by atoms with Crippen LogP contribution in [0.2, 0.25) is 0 Å². The number of aromatic nitrogens is 1. The van der Waals surface area contributed by atoms with Gasteiger partial charge >= 0.3 is 11.9 Å². The summed E-state index contributed by atoms with van der Waals surface area (Å²) in [5, 5.41) is 9.47. The van der Waals surface area contributed by atoms with Gasteiger partial charge in [-0.15, -0.1) is 0 Å². The predicted molar refractivity (Wildman–Crippen MR) is 154 cm³/mol. The van der Waals surface area contributed by atoms with Gasteiger partial charge in [0.05, 0.1) is 40.6 Å². The molecule has 5 rings (SSSR count). The third-order valence-corrected chi connectivity index (χ3v) is 7.74. The number of benzene rings is 2. The Morgan fingerprint density at radius 3 is 2.51 bits per heavy atom. The fourth-order valence-electron chi connectivity index (χ4n) is 4.86. The van der Waals surface area contributed by atoms with Gasteiger partial charge in [-0.2, -0.15) is 0 Å². The molecule has 1 aliphatic heterocycles. The molecule has 0 aliphatic carbocycles. The molecule has 10 heteroatoms. The number of carboxylic acid groups (broad SMARTS) is 1. The zero-order valence-corrected chi connectivity index (χ0v) is 23.8. The van der Waals surface area contributed by atoms with Crippen molar-refractivity contribution >= 4 is 29.4 Å². The van der Waals surface area contributed by atoms with Gasteiger partial charge in [-0.3, -0.25) is 9.36 Å². The number of nitrogens with zero attached hydrogens (tertiary/aromatic N) is 2. The van der Waals surface area contributed by atoms with E-state index in [9.17, 15) is 19.5 Å². The highest BCUT2D eigenvalue weighted by atomic mass is 32.1. The molecule has 4 aromatic rings. The molecular weight excluding hydrogens is 544 g/mol. The molecule has 9 nitrogen and oxygen atoms in total. The monoisotopic (exact) mass is 572 g/mol.